The number of benzene rings is 1. The first-order valence-corrected chi connectivity index (χ1v) is 7.07. The zero-order valence-electron chi connectivity index (χ0n) is 11.6. The van der Waals surface area contributed by atoms with Gasteiger partial charge >= 0.3 is 6.09 Å². The molecule has 1 aromatic carbocycles. The lowest BCUT2D eigenvalue weighted by molar-refractivity contribution is 0.165. The zero-order chi connectivity index (χ0) is 14.1. The van der Waals surface area contributed by atoms with E-state index >= 15 is 0 Å². The van der Waals surface area contributed by atoms with Gasteiger partial charge in [-0.25, -0.2) is 4.79 Å². The first-order valence-electron chi connectivity index (χ1n) is 7.07. The number of carbonyl (C=O) groups excluding carboxylic acids is 1. The van der Waals surface area contributed by atoms with Crippen LogP contribution in [0.3, 0.4) is 0 Å². The molecule has 0 radical (unpaired) electrons. The number of hydrogen-bond donors (Lipinski definition) is 2. The Hall–Kier alpha value is -1.75. The van der Waals surface area contributed by atoms with E-state index in [1.807, 2.05) is 12.1 Å². The maximum Gasteiger partial charge on any atom is 0.407 e. The SMILES string of the molecule is COC(=O)NC1CCN(C2CCc3cc(O)ccc32)C1. The molecule has 108 valence electrons. The lowest BCUT2D eigenvalue weighted by Crippen LogP contribution is -2.37. The Morgan fingerprint density at radius 3 is 3.10 bits per heavy atom. The number of carbonyl (C=O) groups is 1. The summed E-state index contributed by atoms with van der Waals surface area (Å²) in [5.41, 5.74) is 2.57. The van der Waals surface area contributed by atoms with Crippen LogP contribution in [0, 0.1) is 0 Å². The van der Waals surface area contributed by atoms with Crippen LogP contribution in [0.4, 0.5) is 4.79 Å². The molecule has 2 atom stereocenters. The number of ether oxygens (including phenoxy) is 1. The minimum atomic E-state index is -0.353. The summed E-state index contributed by atoms with van der Waals surface area (Å²) in [6.07, 6.45) is 2.71. The van der Waals surface area contributed by atoms with E-state index in [2.05, 4.69) is 15.0 Å². The van der Waals surface area contributed by atoms with Gasteiger partial charge in [-0.15, -0.1) is 0 Å². The molecule has 1 aromatic rings. The van der Waals surface area contributed by atoms with E-state index in [4.69, 9.17) is 0 Å². The number of nitrogens with zero attached hydrogens (tertiary/aromatic N) is 1. The van der Waals surface area contributed by atoms with Crippen molar-refractivity contribution in [1.82, 2.24) is 10.2 Å². The average Bonchev–Trinajstić information content (AvgIpc) is 3.04. The van der Waals surface area contributed by atoms with Gasteiger partial charge in [0.2, 0.25) is 0 Å². The number of phenolic OH excluding ortho intramolecular Hbond substituents is 1. The Bertz CT molecular complexity index is 518. The molecule has 1 aliphatic carbocycles. The number of nitrogens with one attached hydrogen (secondary N) is 1. The number of likely N-dealkylation sites (tertiary alicyclic amines) is 1. The number of fused-ring (bicyclic) bond motifs is 1. The van der Waals surface area contributed by atoms with Crippen molar-refractivity contribution in [2.45, 2.75) is 31.3 Å². The normalized spacial score (nSPS) is 25.4. The highest BCUT2D eigenvalue weighted by Crippen LogP contribution is 2.38. The van der Waals surface area contributed by atoms with Gasteiger partial charge in [0.15, 0.2) is 0 Å². The number of alkyl carbamates (subject to hydrolysis) is 1. The highest BCUT2D eigenvalue weighted by molar-refractivity contribution is 5.67. The fourth-order valence-corrected chi connectivity index (χ4v) is 3.37. The van der Waals surface area contributed by atoms with Crippen molar-refractivity contribution >= 4 is 6.09 Å². The Morgan fingerprint density at radius 1 is 1.45 bits per heavy atom. The van der Waals surface area contributed by atoms with E-state index in [1.165, 1.54) is 18.2 Å². The topological polar surface area (TPSA) is 61.8 Å². The summed E-state index contributed by atoms with van der Waals surface area (Å²) in [6, 6.07) is 6.25. The first-order chi connectivity index (χ1) is 9.67. The van der Waals surface area contributed by atoms with Gasteiger partial charge in [0.25, 0.3) is 0 Å². The molecule has 1 heterocycles. The molecule has 0 aromatic heterocycles. The fraction of sp³-hybridized carbons (Fsp3) is 0.533. The van der Waals surface area contributed by atoms with E-state index in [9.17, 15) is 9.90 Å². The van der Waals surface area contributed by atoms with Gasteiger partial charge in [0.1, 0.15) is 5.75 Å². The molecular weight excluding hydrogens is 256 g/mol. The molecule has 1 aliphatic heterocycles. The minimum absolute atomic E-state index is 0.170. The molecule has 0 spiro atoms. The molecular formula is C15H20N2O3. The maximum absolute atomic E-state index is 11.3. The Balaban J connectivity index is 1.67. The van der Waals surface area contributed by atoms with Gasteiger partial charge < -0.3 is 15.2 Å². The number of amides is 1. The van der Waals surface area contributed by atoms with Crippen LogP contribution in [0.25, 0.3) is 0 Å². The van der Waals surface area contributed by atoms with E-state index in [1.54, 1.807) is 6.07 Å². The van der Waals surface area contributed by atoms with Crippen LogP contribution in [0.2, 0.25) is 0 Å². The smallest absolute Gasteiger partial charge is 0.407 e. The van der Waals surface area contributed by atoms with Crippen molar-refractivity contribution in [3.63, 3.8) is 0 Å². The van der Waals surface area contributed by atoms with Crippen LogP contribution in [0.5, 0.6) is 5.75 Å². The Morgan fingerprint density at radius 2 is 2.30 bits per heavy atom. The third-order valence-corrected chi connectivity index (χ3v) is 4.34. The molecule has 1 saturated heterocycles. The Kier molecular flexibility index (Phi) is 3.53. The summed E-state index contributed by atoms with van der Waals surface area (Å²) >= 11 is 0. The van der Waals surface area contributed by atoms with Crippen LogP contribution < -0.4 is 5.32 Å². The summed E-state index contributed by atoms with van der Waals surface area (Å²) in [6.45, 7) is 1.85. The molecule has 5 heteroatoms. The number of phenols is 1. The maximum atomic E-state index is 11.3. The molecule has 3 rings (SSSR count). The molecule has 2 aliphatic rings. The minimum Gasteiger partial charge on any atom is -0.508 e. The predicted octanol–water partition coefficient (Wildman–Crippen LogP) is 1.81. The van der Waals surface area contributed by atoms with Crippen molar-refractivity contribution in [3.05, 3.63) is 29.3 Å². The highest BCUT2D eigenvalue weighted by atomic mass is 16.5. The van der Waals surface area contributed by atoms with E-state index in [0.717, 1.165) is 32.4 Å². The van der Waals surface area contributed by atoms with Crippen LogP contribution in [-0.4, -0.2) is 42.3 Å². The van der Waals surface area contributed by atoms with Gasteiger partial charge in [0, 0.05) is 25.2 Å². The number of hydrogen-bond acceptors (Lipinski definition) is 4. The monoisotopic (exact) mass is 276 g/mol. The molecule has 0 bridgehead atoms. The molecule has 20 heavy (non-hydrogen) atoms. The second-order valence-corrected chi connectivity index (χ2v) is 5.55. The third kappa shape index (κ3) is 2.45. The quantitative estimate of drug-likeness (QED) is 0.865. The number of aryl methyl sites for hydroxylation is 1. The highest BCUT2D eigenvalue weighted by Gasteiger charge is 2.33. The van der Waals surface area contributed by atoms with Gasteiger partial charge in [-0.2, -0.15) is 0 Å². The lowest BCUT2D eigenvalue weighted by atomic mass is 10.1. The number of methoxy groups -OCH3 is 1. The average molecular weight is 276 g/mol. The van der Waals surface area contributed by atoms with E-state index < -0.39 is 0 Å². The number of aromatic hydroxyl groups is 1. The summed E-state index contributed by atoms with van der Waals surface area (Å²) < 4.78 is 4.65. The predicted molar refractivity (Wildman–Crippen MR) is 74.7 cm³/mol. The van der Waals surface area contributed by atoms with E-state index in [0.29, 0.717) is 11.8 Å². The van der Waals surface area contributed by atoms with Gasteiger partial charge in [-0.05, 0) is 42.5 Å². The second kappa shape index (κ2) is 5.32. The number of rotatable bonds is 2. The van der Waals surface area contributed by atoms with Crippen molar-refractivity contribution in [2.24, 2.45) is 0 Å². The van der Waals surface area contributed by atoms with Crippen LogP contribution in [-0.2, 0) is 11.2 Å². The van der Waals surface area contributed by atoms with Gasteiger partial charge in [0.05, 0.1) is 7.11 Å². The van der Waals surface area contributed by atoms with Crippen molar-refractivity contribution in [2.75, 3.05) is 20.2 Å². The summed E-state index contributed by atoms with van der Waals surface area (Å²) in [5, 5.41) is 12.4. The molecule has 2 N–H and O–H groups in total. The van der Waals surface area contributed by atoms with Crippen LogP contribution in [0.15, 0.2) is 18.2 Å². The Labute approximate surface area is 118 Å². The summed E-state index contributed by atoms with van der Waals surface area (Å²) in [5.74, 6) is 0.344. The third-order valence-electron chi connectivity index (χ3n) is 4.34. The first kappa shape index (κ1) is 13.2. The molecule has 2 unspecified atom stereocenters. The standard InChI is InChI=1S/C15H20N2O3/c1-20-15(19)16-11-6-7-17(9-11)14-5-2-10-8-12(18)3-4-13(10)14/h3-4,8,11,14,18H,2,5-7,9H2,1H3,(H,16,19). The zero-order valence-corrected chi connectivity index (χ0v) is 11.6. The largest absolute Gasteiger partial charge is 0.508 e. The van der Waals surface area contributed by atoms with Crippen LogP contribution in [0.1, 0.15) is 30.0 Å². The summed E-state index contributed by atoms with van der Waals surface area (Å²) in [7, 11) is 1.39. The molecule has 1 amide bonds. The lowest BCUT2D eigenvalue weighted by Gasteiger charge is -2.25. The summed E-state index contributed by atoms with van der Waals surface area (Å²) in [4.78, 5) is 13.7. The van der Waals surface area contributed by atoms with Crippen molar-refractivity contribution < 1.29 is 14.6 Å². The van der Waals surface area contributed by atoms with Crippen molar-refractivity contribution in [3.8, 4) is 5.75 Å². The molecule has 0 saturated carbocycles. The van der Waals surface area contributed by atoms with Gasteiger partial charge in [-0.1, -0.05) is 6.07 Å². The molecule has 1 fully saturated rings. The molecule has 5 nitrogen and oxygen atoms in total. The second-order valence-electron chi connectivity index (χ2n) is 5.55. The van der Waals surface area contributed by atoms with Crippen molar-refractivity contribution in [1.29, 1.82) is 0 Å². The van der Waals surface area contributed by atoms with Gasteiger partial charge in [-0.3, -0.25) is 4.90 Å². The fourth-order valence-electron chi connectivity index (χ4n) is 3.37. The van der Waals surface area contributed by atoms with E-state index in [-0.39, 0.29) is 12.1 Å². The van der Waals surface area contributed by atoms with Crippen LogP contribution >= 0.6 is 0 Å².